The Hall–Kier alpha value is -3.13. The lowest BCUT2D eigenvalue weighted by Crippen LogP contribution is -2.40. The minimum absolute atomic E-state index is 0.127. The molecule has 0 fully saturated rings. The van der Waals surface area contributed by atoms with Crippen molar-refractivity contribution < 1.29 is 23.7 Å². The minimum Gasteiger partial charge on any atom is -0.493 e. The van der Waals surface area contributed by atoms with Crippen LogP contribution in [0.4, 0.5) is 10.5 Å². The number of nitrogens with one attached hydrogen (secondary N) is 1. The van der Waals surface area contributed by atoms with Gasteiger partial charge in [-0.1, -0.05) is 13.0 Å². The highest BCUT2D eigenvalue weighted by molar-refractivity contribution is 5.89. The van der Waals surface area contributed by atoms with Crippen LogP contribution < -0.4 is 24.3 Å². The average molecular weight is 460 g/mol. The van der Waals surface area contributed by atoms with Crippen LogP contribution in [0.15, 0.2) is 36.4 Å². The van der Waals surface area contributed by atoms with E-state index in [1.165, 1.54) is 5.56 Å². The lowest BCUT2D eigenvalue weighted by atomic mass is 10.1. The SMILES string of the molecule is CCCN(CCN(C)CCc1ccc(OC)c(OC)c1)C(=O)Nc1ccc(OC)c(OC)c1. The Kier molecular flexibility index (Phi) is 10.6. The largest absolute Gasteiger partial charge is 0.493 e. The van der Waals surface area contributed by atoms with E-state index in [9.17, 15) is 4.79 Å². The lowest BCUT2D eigenvalue weighted by Gasteiger charge is -2.26. The molecular weight excluding hydrogens is 422 g/mol. The second-order valence-corrected chi connectivity index (χ2v) is 7.73. The summed E-state index contributed by atoms with van der Waals surface area (Å²) < 4.78 is 21.3. The van der Waals surface area contributed by atoms with Crippen LogP contribution in [-0.4, -0.2) is 77.5 Å². The van der Waals surface area contributed by atoms with Gasteiger partial charge in [-0.05, 0) is 49.7 Å². The summed E-state index contributed by atoms with van der Waals surface area (Å²) in [5, 5.41) is 2.97. The van der Waals surface area contributed by atoms with Crippen LogP contribution in [-0.2, 0) is 6.42 Å². The van der Waals surface area contributed by atoms with Crippen molar-refractivity contribution in [3.05, 3.63) is 42.0 Å². The van der Waals surface area contributed by atoms with Gasteiger partial charge in [-0.2, -0.15) is 0 Å². The van der Waals surface area contributed by atoms with Gasteiger partial charge in [-0.15, -0.1) is 0 Å². The van der Waals surface area contributed by atoms with Crippen LogP contribution in [0.3, 0.4) is 0 Å². The van der Waals surface area contributed by atoms with E-state index >= 15 is 0 Å². The second kappa shape index (κ2) is 13.4. The highest BCUT2D eigenvalue weighted by Gasteiger charge is 2.15. The summed E-state index contributed by atoms with van der Waals surface area (Å²) >= 11 is 0. The zero-order chi connectivity index (χ0) is 24.2. The van der Waals surface area contributed by atoms with Gasteiger partial charge in [0.2, 0.25) is 0 Å². The predicted molar refractivity (Wildman–Crippen MR) is 131 cm³/mol. The molecule has 2 aromatic carbocycles. The van der Waals surface area contributed by atoms with E-state index in [0.717, 1.165) is 37.4 Å². The molecule has 2 amide bonds. The predicted octanol–water partition coefficient (Wildman–Crippen LogP) is 4.14. The van der Waals surface area contributed by atoms with Crippen molar-refractivity contribution in [1.82, 2.24) is 9.80 Å². The third-order valence-electron chi connectivity index (χ3n) is 5.40. The summed E-state index contributed by atoms with van der Waals surface area (Å²) in [6, 6.07) is 11.2. The summed E-state index contributed by atoms with van der Waals surface area (Å²) in [6.45, 7) is 5.02. The highest BCUT2D eigenvalue weighted by Crippen LogP contribution is 2.30. The first kappa shape index (κ1) is 26.1. The van der Waals surface area contributed by atoms with E-state index in [4.69, 9.17) is 18.9 Å². The van der Waals surface area contributed by atoms with E-state index in [1.807, 2.05) is 17.0 Å². The maximum absolute atomic E-state index is 12.9. The lowest BCUT2D eigenvalue weighted by molar-refractivity contribution is 0.201. The van der Waals surface area contributed by atoms with Gasteiger partial charge >= 0.3 is 6.03 Å². The van der Waals surface area contributed by atoms with Crippen LogP contribution in [0.1, 0.15) is 18.9 Å². The normalized spacial score (nSPS) is 10.6. The first-order valence-electron chi connectivity index (χ1n) is 11.1. The molecule has 2 rings (SSSR count). The Balaban J connectivity index is 1.90. The van der Waals surface area contributed by atoms with Crippen molar-refractivity contribution >= 4 is 11.7 Å². The van der Waals surface area contributed by atoms with Crippen molar-refractivity contribution in [1.29, 1.82) is 0 Å². The summed E-state index contributed by atoms with van der Waals surface area (Å²) in [4.78, 5) is 16.9. The molecule has 0 saturated carbocycles. The van der Waals surface area contributed by atoms with Crippen LogP contribution >= 0.6 is 0 Å². The van der Waals surface area contributed by atoms with E-state index in [-0.39, 0.29) is 6.03 Å². The molecule has 33 heavy (non-hydrogen) atoms. The summed E-state index contributed by atoms with van der Waals surface area (Å²) in [5.74, 6) is 2.66. The van der Waals surface area contributed by atoms with E-state index in [0.29, 0.717) is 30.3 Å². The van der Waals surface area contributed by atoms with Crippen molar-refractivity contribution in [2.45, 2.75) is 19.8 Å². The molecule has 0 aliphatic carbocycles. The molecule has 182 valence electrons. The van der Waals surface area contributed by atoms with Crippen LogP contribution in [0.25, 0.3) is 0 Å². The van der Waals surface area contributed by atoms with Crippen LogP contribution in [0.5, 0.6) is 23.0 Å². The maximum Gasteiger partial charge on any atom is 0.321 e. The fraction of sp³-hybridized carbons (Fsp3) is 0.480. The van der Waals surface area contributed by atoms with Gasteiger partial charge in [0.1, 0.15) is 0 Å². The Morgan fingerprint density at radius 3 is 2.00 bits per heavy atom. The van der Waals surface area contributed by atoms with Gasteiger partial charge in [-0.25, -0.2) is 4.79 Å². The zero-order valence-electron chi connectivity index (χ0n) is 20.6. The number of ether oxygens (including phenoxy) is 4. The molecule has 8 heteroatoms. The van der Waals surface area contributed by atoms with E-state index < -0.39 is 0 Å². The van der Waals surface area contributed by atoms with Gasteiger partial charge in [-0.3, -0.25) is 0 Å². The van der Waals surface area contributed by atoms with Crippen LogP contribution in [0.2, 0.25) is 0 Å². The number of hydrogen-bond acceptors (Lipinski definition) is 6. The average Bonchev–Trinajstić information content (AvgIpc) is 2.84. The second-order valence-electron chi connectivity index (χ2n) is 7.73. The number of methoxy groups -OCH3 is 4. The Morgan fingerprint density at radius 2 is 1.39 bits per heavy atom. The Labute approximate surface area is 197 Å². The fourth-order valence-electron chi connectivity index (χ4n) is 3.46. The standard InChI is InChI=1S/C25H37N3O5/c1-7-13-28(25(29)26-20-9-11-22(31-4)24(18-20)33-6)16-15-27(2)14-12-19-8-10-21(30-3)23(17-19)32-5/h8-11,17-18H,7,12-16H2,1-6H3,(H,26,29). The molecule has 0 unspecified atom stereocenters. The van der Waals surface area contributed by atoms with Crippen LogP contribution in [0, 0.1) is 0 Å². The van der Waals surface area contributed by atoms with Crippen molar-refractivity contribution in [3.63, 3.8) is 0 Å². The monoisotopic (exact) mass is 459 g/mol. The van der Waals surface area contributed by atoms with Crippen molar-refractivity contribution in [2.75, 3.05) is 67.0 Å². The number of hydrogen-bond donors (Lipinski definition) is 1. The molecule has 0 spiro atoms. The number of urea groups is 1. The smallest absolute Gasteiger partial charge is 0.321 e. The Morgan fingerprint density at radius 1 is 0.788 bits per heavy atom. The molecule has 0 aliphatic heterocycles. The van der Waals surface area contributed by atoms with Crippen molar-refractivity contribution in [3.8, 4) is 23.0 Å². The number of amides is 2. The molecular formula is C25H37N3O5. The summed E-state index contributed by atoms with van der Waals surface area (Å²) in [7, 11) is 8.50. The number of benzene rings is 2. The zero-order valence-corrected chi connectivity index (χ0v) is 20.6. The first-order chi connectivity index (χ1) is 15.9. The third-order valence-corrected chi connectivity index (χ3v) is 5.40. The minimum atomic E-state index is -0.127. The van der Waals surface area contributed by atoms with Gasteiger partial charge in [0.15, 0.2) is 23.0 Å². The number of rotatable bonds is 13. The van der Waals surface area contributed by atoms with E-state index in [1.54, 1.807) is 46.6 Å². The van der Waals surface area contributed by atoms with Gasteiger partial charge in [0.05, 0.1) is 28.4 Å². The van der Waals surface area contributed by atoms with Gasteiger partial charge in [0, 0.05) is 37.9 Å². The molecule has 2 aromatic rings. The number of likely N-dealkylation sites (N-methyl/N-ethyl adjacent to an activating group) is 1. The number of nitrogens with zero attached hydrogens (tertiary/aromatic N) is 2. The van der Waals surface area contributed by atoms with Crippen molar-refractivity contribution in [2.24, 2.45) is 0 Å². The Bertz CT molecular complexity index is 890. The quantitative estimate of drug-likeness (QED) is 0.485. The molecule has 0 bridgehead atoms. The topological polar surface area (TPSA) is 72.5 Å². The molecule has 1 N–H and O–H groups in total. The third kappa shape index (κ3) is 7.75. The fourth-order valence-corrected chi connectivity index (χ4v) is 3.46. The van der Waals surface area contributed by atoms with E-state index in [2.05, 4.69) is 30.3 Å². The molecule has 0 saturated heterocycles. The first-order valence-corrected chi connectivity index (χ1v) is 11.1. The molecule has 0 heterocycles. The van der Waals surface area contributed by atoms with Gasteiger partial charge < -0.3 is 34.1 Å². The number of anilines is 1. The summed E-state index contributed by atoms with van der Waals surface area (Å²) in [5.41, 5.74) is 1.84. The maximum atomic E-state index is 12.9. The number of carbonyl (C=O) groups is 1. The van der Waals surface area contributed by atoms with Gasteiger partial charge in [0.25, 0.3) is 0 Å². The summed E-state index contributed by atoms with van der Waals surface area (Å²) in [6.07, 6.45) is 1.76. The molecule has 0 radical (unpaired) electrons. The molecule has 0 atom stereocenters. The molecule has 0 aliphatic rings. The number of carbonyl (C=O) groups excluding carboxylic acids is 1. The molecule has 0 aromatic heterocycles. The molecule has 8 nitrogen and oxygen atoms in total. The highest BCUT2D eigenvalue weighted by atomic mass is 16.5.